The number of hydrogen-bond donors (Lipinski definition) is 3. The van der Waals surface area contributed by atoms with Crippen LogP contribution in [0.4, 0.5) is 5.69 Å². The van der Waals surface area contributed by atoms with E-state index in [4.69, 9.17) is 0 Å². The van der Waals surface area contributed by atoms with Gasteiger partial charge in [0.25, 0.3) is 11.1 Å². The third-order valence-corrected chi connectivity index (χ3v) is 6.59. The van der Waals surface area contributed by atoms with Gasteiger partial charge in [-0.05, 0) is 68.4 Å². The zero-order valence-electron chi connectivity index (χ0n) is 13.9. The van der Waals surface area contributed by atoms with Crippen molar-refractivity contribution in [3.8, 4) is 0 Å². The first-order valence-electron chi connectivity index (χ1n) is 9.09. The van der Waals surface area contributed by atoms with Gasteiger partial charge in [0, 0.05) is 0 Å². The van der Waals surface area contributed by atoms with Gasteiger partial charge < -0.3 is 5.32 Å². The van der Waals surface area contributed by atoms with Crippen LogP contribution in [0, 0.1) is 23.2 Å². The molecule has 1 aromatic heterocycles. The van der Waals surface area contributed by atoms with Gasteiger partial charge in [-0.1, -0.05) is 6.07 Å². The molecule has 25 heavy (non-hydrogen) atoms. The number of carbonyl (C=O) groups excluding carboxylic acids is 1. The summed E-state index contributed by atoms with van der Waals surface area (Å²) in [4.78, 5) is 37.4. The summed E-state index contributed by atoms with van der Waals surface area (Å²) in [7, 11) is 0. The molecule has 4 fully saturated rings. The standard InChI is InChI=1S/C19H21N3O3/c23-16-13-2-1-3-14(15(13)17(24)22-21-16)20-18(25)19-7-10-4-11(8-19)6-12(5-10)9-19/h1-3,10-12H,4-9H2,(H,20,25)(H,21,23)(H,22,24). The van der Waals surface area contributed by atoms with Gasteiger partial charge in [-0.15, -0.1) is 0 Å². The van der Waals surface area contributed by atoms with Crippen LogP contribution < -0.4 is 16.4 Å². The molecule has 0 aliphatic heterocycles. The first-order chi connectivity index (χ1) is 12.0. The topological polar surface area (TPSA) is 94.8 Å². The molecule has 3 N–H and O–H groups in total. The summed E-state index contributed by atoms with van der Waals surface area (Å²) >= 11 is 0. The van der Waals surface area contributed by atoms with Gasteiger partial charge in [-0.25, -0.2) is 0 Å². The van der Waals surface area contributed by atoms with E-state index < -0.39 is 5.56 Å². The maximum atomic E-state index is 13.2. The number of rotatable bonds is 2. The minimum Gasteiger partial charge on any atom is -0.325 e. The molecule has 2 aromatic rings. The Kier molecular flexibility index (Phi) is 3.03. The van der Waals surface area contributed by atoms with Gasteiger partial charge in [0.2, 0.25) is 5.91 Å². The van der Waals surface area contributed by atoms with Crippen molar-refractivity contribution in [3.05, 3.63) is 38.9 Å². The second-order valence-electron chi connectivity index (χ2n) is 8.29. The number of fused-ring (bicyclic) bond motifs is 1. The van der Waals surface area contributed by atoms with Crippen LogP contribution in [-0.2, 0) is 4.79 Å². The Hall–Kier alpha value is -2.37. The normalized spacial score (nSPS) is 32.9. The van der Waals surface area contributed by atoms with Crippen LogP contribution in [0.1, 0.15) is 38.5 Å². The summed E-state index contributed by atoms with van der Waals surface area (Å²) in [6.45, 7) is 0. The molecule has 1 amide bonds. The predicted octanol–water partition coefficient (Wildman–Crippen LogP) is 2.37. The van der Waals surface area contributed by atoms with Crippen LogP contribution in [0.5, 0.6) is 0 Å². The summed E-state index contributed by atoms with van der Waals surface area (Å²) in [6, 6.07) is 5.01. The maximum absolute atomic E-state index is 13.2. The smallest absolute Gasteiger partial charge is 0.272 e. The summed E-state index contributed by atoms with van der Waals surface area (Å²) in [6.07, 6.45) is 6.72. The first-order valence-corrected chi connectivity index (χ1v) is 9.09. The SMILES string of the molecule is O=C(Nc1cccc2c(=O)[nH][nH]c(=O)c12)C12CC3CC(CC(C3)C1)C2. The number of aromatic amines is 2. The Morgan fingerprint density at radius 1 is 0.960 bits per heavy atom. The lowest BCUT2D eigenvalue weighted by Gasteiger charge is -2.55. The fourth-order valence-corrected chi connectivity index (χ4v) is 5.98. The zero-order chi connectivity index (χ0) is 17.2. The van der Waals surface area contributed by atoms with Crippen LogP contribution >= 0.6 is 0 Å². The van der Waals surface area contributed by atoms with Crippen LogP contribution in [0.2, 0.25) is 0 Å². The summed E-state index contributed by atoms with van der Waals surface area (Å²) < 4.78 is 0. The summed E-state index contributed by atoms with van der Waals surface area (Å²) in [5.74, 6) is 2.06. The average molecular weight is 339 g/mol. The van der Waals surface area contributed by atoms with Crippen molar-refractivity contribution in [1.29, 1.82) is 0 Å². The third-order valence-electron chi connectivity index (χ3n) is 6.59. The highest BCUT2D eigenvalue weighted by molar-refractivity contribution is 6.03. The van der Waals surface area contributed by atoms with Gasteiger partial charge >= 0.3 is 0 Å². The summed E-state index contributed by atoms with van der Waals surface area (Å²) in [5.41, 5.74) is -0.604. The molecule has 130 valence electrons. The molecule has 4 bridgehead atoms. The van der Waals surface area contributed by atoms with E-state index in [9.17, 15) is 14.4 Å². The van der Waals surface area contributed by atoms with Gasteiger partial charge in [0.15, 0.2) is 0 Å². The van der Waals surface area contributed by atoms with E-state index in [0.717, 1.165) is 19.3 Å². The molecule has 0 atom stereocenters. The number of hydrogen-bond acceptors (Lipinski definition) is 3. The molecule has 0 spiro atoms. The lowest BCUT2D eigenvalue weighted by atomic mass is 9.49. The minimum atomic E-state index is -0.393. The largest absolute Gasteiger partial charge is 0.325 e. The van der Waals surface area contributed by atoms with Crippen LogP contribution in [-0.4, -0.2) is 16.1 Å². The van der Waals surface area contributed by atoms with Gasteiger partial charge in [0.1, 0.15) is 0 Å². The monoisotopic (exact) mass is 339 g/mol. The number of amides is 1. The predicted molar refractivity (Wildman–Crippen MR) is 94.4 cm³/mol. The molecular formula is C19H21N3O3. The van der Waals surface area contributed by atoms with Crippen molar-refractivity contribution in [1.82, 2.24) is 10.2 Å². The Morgan fingerprint density at radius 2 is 1.56 bits per heavy atom. The van der Waals surface area contributed by atoms with E-state index in [2.05, 4.69) is 15.5 Å². The van der Waals surface area contributed by atoms with Crippen LogP contribution in [0.25, 0.3) is 10.8 Å². The molecule has 0 saturated heterocycles. The fourth-order valence-electron chi connectivity index (χ4n) is 5.98. The molecule has 6 heteroatoms. The lowest BCUT2D eigenvalue weighted by molar-refractivity contribution is -0.140. The van der Waals surface area contributed by atoms with E-state index >= 15 is 0 Å². The number of nitrogens with one attached hydrogen (secondary N) is 3. The molecule has 4 saturated carbocycles. The number of carbonyl (C=O) groups is 1. The molecule has 1 aromatic carbocycles. The van der Waals surface area contributed by atoms with Crippen molar-refractivity contribution in [3.63, 3.8) is 0 Å². The Morgan fingerprint density at radius 3 is 2.20 bits per heavy atom. The van der Waals surface area contributed by atoms with Gasteiger partial charge in [-0.3, -0.25) is 24.6 Å². The molecule has 4 aliphatic rings. The molecule has 6 nitrogen and oxygen atoms in total. The number of aromatic nitrogens is 2. The number of anilines is 1. The quantitative estimate of drug-likeness (QED) is 0.784. The molecular weight excluding hydrogens is 318 g/mol. The van der Waals surface area contributed by atoms with Crippen molar-refractivity contribution in [2.45, 2.75) is 38.5 Å². The Labute approximate surface area is 144 Å². The first kappa shape index (κ1) is 14.9. The van der Waals surface area contributed by atoms with Crippen molar-refractivity contribution >= 4 is 22.4 Å². The minimum absolute atomic E-state index is 0.0266. The second kappa shape index (κ2) is 5.07. The van der Waals surface area contributed by atoms with Crippen molar-refractivity contribution < 1.29 is 4.79 Å². The summed E-state index contributed by atoms with van der Waals surface area (Å²) in [5, 5.41) is 8.22. The van der Waals surface area contributed by atoms with E-state index in [1.54, 1.807) is 18.2 Å². The lowest BCUT2D eigenvalue weighted by Crippen LogP contribution is -2.51. The Bertz CT molecular complexity index is 952. The molecule has 1 heterocycles. The highest BCUT2D eigenvalue weighted by Gasteiger charge is 2.54. The van der Waals surface area contributed by atoms with Crippen LogP contribution in [0.3, 0.4) is 0 Å². The van der Waals surface area contributed by atoms with Crippen molar-refractivity contribution in [2.75, 3.05) is 5.32 Å². The van der Waals surface area contributed by atoms with E-state index in [-0.39, 0.29) is 22.3 Å². The van der Waals surface area contributed by atoms with Gasteiger partial charge in [-0.2, -0.15) is 0 Å². The fraction of sp³-hybridized carbons (Fsp3) is 0.526. The highest BCUT2D eigenvalue weighted by Crippen LogP contribution is 2.60. The van der Waals surface area contributed by atoms with Crippen molar-refractivity contribution in [2.24, 2.45) is 23.2 Å². The van der Waals surface area contributed by atoms with E-state index in [1.165, 1.54) is 19.3 Å². The second-order valence-corrected chi connectivity index (χ2v) is 8.29. The molecule has 4 aliphatic carbocycles. The Balaban J connectivity index is 1.53. The maximum Gasteiger partial charge on any atom is 0.272 e. The molecule has 0 unspecified atom stereocenters. The van der Waals surface area contributed by atoms with E-state index in [0.29, 0.717) is 28.8 Å². The zero-order valence-corrected chi connectivity index (χ0v) is 13.9. The van der Waals surface area contributed by atoms with Crippen LogP contribution in [0.15, 0.2) is 27.8 Å². The number of benzene rings is 1. The molecule has 0 radical (unpaired) electrons. The third kappa shape index (κ3) is 2.19. The highest BCUT2D eigenvalue weighted by atomic mass is 16.2. The molecule has 6 rings (SSSR count). The average Bonchev–Trinajstić information content (AvgIpc) is 2.57. The van der Waals surface area contributed by atoms with Gasteiger partial charge in [0.05, 0.1) is 21.9 Å². The number of H-pyrrole nitrogens is 2. The van der Waals surface area contributed by atoms with E-state index in [1.807, 2.05) is 0 Å².